The molecule has 1 aromatic carbocycles. The fourth-order valence-corrected chi connectivity index (χ4v) is 1.05. The summed E-state index contributed by atoms with van der Waals surface area (Å²) in [4.78, 5) is 0. The number of aromatic nitrogens is 2. The van der Waals surface area contributed by atoms with Crippen LogP contribution in [-0.2, 0) is 0 Å². The lowest BCUT2D eigenvalue weighted by atomic mass is 10.3. The first-order chi connectivity index (χ1) is 7.25. The summed E-state index contributed by atoms with van der Waals surface area (Å²) in [6, 6.07) is 7.42. The lowest BCUT2D eigenvalue weighted by molar-refractivity contribution is 0.422. The fraction of sp³-hybridized carbons (Fsp3) is 0. The molecule has 0 fully saturated rings. The van der Waals surface area contributed by atoms with Crippen molar-refractivity contribution in [2.24, 2.45) is 0 Å². The van der Waals surface area contributed by atoms with Crippen molar-refractivity contribution in [3.05, 3.63) is 42.3 Å². The van der Waals surface area contributed by atoms with Gasteiger partial charge in [0.05, 0.1) is 0 Å². The van der Waals surface area contributed by atoms with Gasteiger partial charge in [-0.2, -0.15) is 5.10 Å². The van der Waals surface area contributed by atoms with Crippen LogP contribution in [0.4, 0.5) is 10.1 Å². The highest BCUT2D eigenvalue weighted by molar-refractivity contribution is 5.43. The van der Waals surface area contributed by atoms with E-state index in [1.807, 2.05) is 0 Å². The minimum atomic E-state index is -0.527. The van der Waals surface area contributed by atoms with Crippen molar-refractivity contribution >= 4 is 5.69 Å². The number of nitrogens with zero attached hydrogens (tertiary/aromatic N) is 2. The molecule has 0 radical (unpaired) electrons. The summed E-state index contributed by atoms with van der Waals surface area (Å²) in [5.74, 6) is -0.216. The van der Waals surface area contributed by atoms with Crippen LogP contribution in [0, 0.1) is 5.82 Å². The van der Waals surface area contributed by atoms with Gasteiger partial charge in [-0.05, 0) is 18.2 Å². The Morgan fingerprint density at radius 1 is 1.27 bits per heavy atom. The zero-order chi connectivity index (χ0) is 10.7. The second-order valence-corrected chi connectivity index (χ2v) is 2.85. The van der Waals surface area contributed by atoms with Crippen LogP contribution in [0.2, 0.25) is 0 Å². The van der Waals surface area contributed by atoms with E-state index in [-0.39, 0.29) is 11.6 Å². The predicted molar refractivity (Wildman–Crippen MR) is 52.9 cm³/mol. The van der Waals surface area contributed by atoms with Gasteiger partial charge < -0.3 is 10.5 Å². The van der Waals surface area contributed by atoms with Gasteiger partial charge in [-0.25, -0.2) is 4.39 Å². The van der Waals surface area contributed by atoms with Crippen molar-refractivity contribution in [1.82, 2.24) is 10.2 Å². The number of benzene rings is 1. The molecule has 1 aromatic heterocycles. The molecule has 2 N–H and O–H groups in total. The zero-order valence-corrected chi connectivity index (χ0v) is 7.72. The Bertz CT molecular complexity index is 461. The summed E-state index contributed by atoms with van der Waals surface area (Å²) in [5, 5.41) is 7.27. The Kier molecular flexibility index (Phi) is 2.45. The van der Waals surface area contributed by atoms with Gasteiger partial charge in [-0.1, -0.05) is 0 Å². The van der Waals surface area contributed by atoms with Crippen molar-refractivity contribution in [2.75, 3.05) is 5.73 Å². The summed E-state index contributed by atoms with van der Waals surface area (Å²) in [5.41, 5.74) is 5.74. The van der Waals surface area contributed by atoms with E-state index in [0.29, 0.717) is 5.69 Å². The maximum Gasteiger partial charge on any atom is 0.238 e. The Balaban J connectivity index is 2.25. The van der Waals surface area contributed by atoms with E-state index >= 15 is 0 Å². The molecule has 1 heterocycles. The lowest BCUT2D eigenvalue weighted by Gasteiger charge is -2.04. The SMILES string of the molecule is Nc1ccc(Oc2cccnn2)c(F)c1. The second-order valence-electron chi connectivity index (χ2n) is 2.85. The zero-order valence-electron chi connectivity index (χ0n) is 7.72. The molecule has 15 heavy (non-hydrogen) atoms. The average Bonchev–Trinajstić information content (AvgIpc) is 2.24. The lowest BCUT2D eigenvalue weighted by Crippen LogP contribution is -1.93. The number of hydrogen-bond donors (Lipinski definition) is 1. The highest BCUT2D eigenvalue weighted by atomic mass is 19.1. The van der Waals surface area contributed by atoms with Crippen LogP contribution < -0.4 is 10.5 Å². The summed E-state index contributed by atoms with van der Waals surface area (Å²) in [7, 11) is 0. The molecule has 0 aliphatic carbocycles. The first kappa shape index (κ1) is 9.39. The van der Waals surface area contributed by atoms with E-state index in [2.05, 4.69) is 10.2 Å². The molecule has 0 aliphatic heterocycles. The Labute approximate surface area is 85.5 Å². The third-order valence-corrected chi connectivity index (χ3v) is 1.72. The largest absolute Gasteiger partial charge is 0.434 e. The van der Waals surface area contributed by atoms with Crippen LogP contribution in [-0.4, -0.2) is 10.2 Å². The number of anilines is 1. The molecule has 0 saturated carbocycles. The van der Waals surface area contributed by atoms with Crippen LogP contribution in [0.15, 0.2) is 36.5 Å². The van der Waals surface area contributed by atoms with Gasteiger partial charge in [0, 0.05) is 24.0 Å². The molecule has 2 aromatic rings. The first-order valence-corrected chi connectivity index (χ1v) is 4.26. The van der Waals surface area contributed by atoms with E-state index < -0.39 is 5.82 Å². The summed E-state index contributed by atoms with van der Waals surface area (Å²) in [6.07, 6.45) is 1.51. The topological polar surface area (TPSA) is 61.0 Å². The summed E-state index contributed by atoms with van der Waals surface area (Å²) < 4.78 is 18.4. The van der Waals surface area contributed by atoms with Crippen molar-refractivity contribution in [3.8, 4) is 11.6 Å². The van der Waals surface area contributed by atoms with E-state index in [1.165, 1.54) is 18.3 Å². The normalized spacial score (nSPS) is 9.93. The van der Waals surface area contributed by atoms with Gasteiger partial charge in [0.25, 0.3) is 0 Å². The quantitative estimate of drug-likeness (QED) is 0.761. The minimum Gasteiger partial charge on any atom is -0.434 e. The van der Waals surface area contributed by atoms with Gasteiger partial charge in [-0.15, -0.1) is 5.10 Å². The second kappa shape index (κ2) is 3.91. The first-order valence-electron chi connectivity index (χ1n) is 4.26. The molecule has 4 nitrogen and oxygen atoms in total. The molecule has 5 heteroatoms. The minimum absolute atomic E-state index is 0.0738. The molecule has 0 saturated heterocycles. The number of nitrogens with two attached hydrogens (primary N) is 1. The van der Waals surface area contributed by atoms with Crippen molar-refractivity contribution < 1.29 is 9.13 Å². The average molecular weight is 205 g/mol. The molecule has 0 bridgehead atoms. The molecular weight excluding hydrogens is 197 g/mol. The van der Waals surface area contributed by atoms with Crippen molar-refractivity contribution in [1.29, 1.82) is 0 Å². The molecule has 76 valence electrons. The maximum atomic E-state index is 13.3. The van der Waals surface area contributed by atoms with Crippen LogP contribution in [0.25, 0.3) is 0 Å². The van der Waals surface area contributed by atoms with Gasteiger partial charge >= 0.3 is 0 Å². The number of ether oxygens (including phenoxy) is 1. The van der Waals surface area contributed by atoms with Gasteiger partial charge in [0.15, 0.2) is 11.6 Å². The predicted octanol–water partition coefficient (Wildman–Crippen LogP) is 1.99. The van der Waals surface area contributed by atoms with E-state index in [0.717, 1.165) is 0 Å². The van der Waals surface area contributed by atoms with Crippen LogP contribution in [0.5, 0.6) is 11.6 Å². The van der Waals surface area contributed by atoms with Gasteiger partial charge in [0.2, 0.25) is 5.88 Å². The standard InChI is InChI=1S/C10H8FN3O/c11-8-6-7(12)3-4-9(8)15-10-2-1-5-13-14-10/h1-6H,12H2. The highest BCUT2D eigenvalue weighted by Crippen LogP contribution is 2.23. The van der Waals surface area contributed by atoms with Crippen molar-refractivity contribution in [3.63, 3.8) is 0 Å². The Morgan fingerprint density at radius 2 is 2.13 bits per heavy atom. The number of nitrogen functional groups attached to an aromatic ring is 1. The van der Waals surface area contributed by atoms with E-state index in [9.17, 15) is 4.39 Å². The highest BCUT2D eigenvalue weighted by Gasteiger charge is 2.05. The molecule has 0 atom stereocenters. The van der Waals surface area contributed by atoms with E-state index in [1.54, 1.807) is 18.2 Å². The number of rotatable bonds is 2. The monoisotopic (exact) mass is 205 g/mol. The maximum absolute atomic E-state index is 13.3. The summed E-state index contributed by atoms with van der Waals surface area (Å²) in [6.45, 7) is 0. The van der Waals surface area contributed by atoms with Crippen molar-refractivity contribution in [2.45, 2.75) is 0 Å². The smallest absolute Gasteiger partial charge is 0.238 e. The number of halogens is 1. The fourth-order valence-electron chi connectivity index (χ4n) is 1.05. The molecule has 0 unspecified atom stereocenters. The third-order valence-electron chi connectivity index (χ3n) is 1.72. The molecule has 0 aliphatic rings. The van der Waals surface area contributed by atoms with Crippen LogP contribution in [0.3, 0.4) is 0 Å². The number of hydrogen-bond acceptors (Lipinski definition) is 4. The van der Waals surface area contributed by atoms with Crippen LogP contribution >= 0.6 is 0 Å². The third kappa shape index (κ3) is 2.19. The van der Waals surface area contributed by atoms with Gasteiger partial charge in [0.1, 0.15) is 0 Å². The molecule has 0 spiro atoms. The Hall–Kier alpha value is -2.17. The van der Waals surface area contributed by atoms with Gasteiger partial charge in [-0.3, -0.25) is 0 Å². The summed E-state index contributed by atoms with van der Waals surface area (Å²) >= 11 is 0. The molecular formula is C10H8FN3O. The van der Waals surface area contributed by atoms with E-state index in [4.69, 9.17) is 10.5 Å². The van der Waals surface area contributed by atoms with Crippen LogP contribution in [0.1, 0.15) is 0 Å². The molecule has 2 rings (SSSR count). The Morgan fingerprint density at radius 3 is 2.80 bits per heavy atom. The molecule has 0 amide bonds.